The van der Waals surface area contributed by atoms with Crippen molar-refractivity contribution in [1.29, 1.82) is 0 Å². The second kappa shape index (κ2) is 5.29. The zero-order valence-corrected chi connectivity index (χ0v) is 9.23. The summed E-state index contributed by atoms with van der Waals surface area (Å²) in [5.41, 5.74) is 7.43. The molecule has 2 nitrogen and oxygen atoms in total. The van der Waals surface area contributed by atoms with Crippen LogP contribution in [0.15, 0.2) is 30.3 Å². The van der Waals surface area contributed by atoms with Crippen molar-refractivity contribution in [2.75, 3.05) is 13.1 Å². The van der Waals surface area contributed by atoms with Gasteiger partial charge in [-0.2, -0.15) is 0 Å². The van der Waals surface area contributed by atoms with E-state index >= 15 is 0 Å². The molecule has 1 aromatic carbocycles. The number of likely N-dealkylation sites (tertiary alicyclic amines) is 1. The van der Waals surface area contributed by atoms with Crippen LogP contribution >= 0.6 is 0 Å². The van der Waals surface area contributed by atoms with Gasteiger partial charge in [0.15, 0.2) is 0 Å². The molecule has 1 fully saturated rings. The minimum absolute atomic E-state index is 0.371. The summed E-state index contributed by atoms with van der Waals surface area (Å²) < 4.78 is 0. The average molecular weight is 204 g/mol. The highest BCUT2D eigenvalue weighted by Gasteiger charge is 2.14. The molecule has 2 heteroatoms. The van der Waals surface area contributed by atoms with Gasteiger partial charge in [0.1, 0.15) is 0 Å². The van der Waals surface area contributed by atoms with Gasteiger partial charge in [-0.1, -0.05) is 36.8 Å². The van der Waals surface area contributed by atoms with Crippen LogP contribution in [0.4, 0.5) is 0 Å². The van der Waals surface area contributed by atoms with Crippen LogP contribution in [0.25, 0.3) is 0 Å². The Labute approximate surface area is 92.1 Å². The maximum atomic E-state index is 6.04. The summed E-state index contributed by atoms with van der Waals surface area (Å²) in [6.07, 6.45) is 3.76. The number of nitrogens with two attached hydrogens (primary N) is 1. The van der Waals surface area contributed by atoms with E-state index in [0.29, 0.717) is 6.04 Å². The van der Waals surface area contributed by atoms with Gasteiger partial charge in [-0.25, -0.2) is 0 Å². The predicted octanol–water partition coefficient (Wildman–Crippen LogP) is 2.00. The Morgan fingerprint density at radius 2 is 2.00 bits per heavy atom. The topological polar surface area (TPSA) is 29.3 Å². The molecule has 0 aliphatic carbocycles. The Bertz CT molecular complexity index is 284. The van der Waals surface area contributed by atoms with Crippen LogP contribution in [0.1, 0.15) is 24.8 Å². The molecule has 1 atom stereocenters. The van der Waals surface area contributed by atoms with Gasteiger partial charge in [0.2, 0.25) is 0 Å². The molecule has 0 bridgehead atoms. The third-order valence-electron chi connectivity index (χ3n) is 3.04. The minimum Gasteiger partial charge on any atom is -0.327 e. The third kappa shape index (κ3) is 3.33. The molecule has 0 radical (unpaired) electrons. The zero-order chi connectivity index (χ0) is 10.5. The summed E-state index contributed by atoms with van der Waals surface area (Å²) in [6, 6.07) is 11.0. The van der Waals surface area contributed by atoms with E-state index in [2.05, 4.69) is 35.2 Å². The van der Waals surface area contributed by atoms with Crippen molar-refractivity contribution >= 4 is 0 Å². The summed E-state index contributed by atoms with van der Waals surface area (Å²) in [6.45, 7) is 3.30. The molecule has 0 spiro atoms. The number of hydrogen-bond acceptors (Lipinski definition) is 2. The molecule has 2 rings (SSSR count). The van der Waals surface area contributed by atoms with Gasteiger partial charge >= 0.3 is 0 Å². The summed E-state index contributed by atoms with van der Waals surface area (Å²) >= 11 is 0. The lowest BCUT2D eigenvalue weighted by molar-refractivity contribution is 0.265. The first-order valence-corrected chi connectivity index (χ1v) is 5.86. The van der Waals surface area contributed by atoms with Gasteiger partial charge in [-0.15, -0.1) is 0 Å². The van der Waals surface area contributed by atoms with E-state index in [1.807, 2.05) is 0 Å². The Kier molecular flexibility index (Phi) is 3.75. The van der Waals surface area contributed by atoms with Crippen molar-refractivity contribution in [1.82, 2.24) is 4.90 Å². The van der Waals surface area contributed by atoms with Crippen molar-refractivity contribution in [3.63, 3.8) is 0 Å². The van der Waals surface area contributed by atoms with Crippen LogP contribution in [0.5, 0.6) is 0 Å². The molecule has 1 aliphatic rings. The fourth-order valence-corrected chi connectivity index (χ4v) is 2.24. The highest BCUT2D eigenvalue weighted by Crippen LogP contribution is 2.12. The molecule has 1 saturated heterocycles. The van der Waals surface area contributed by atoms with E-state index in [4.69, 9.17) is 5.73 Å². The van der Waals surface area contributed by atoms with Crippen LogP contribution in [0, 0.1) is 0 Å². The molecule has 1 aliphatic heterocycles. The molecule has 1 unspecified atom stereocenters. The highest BCUT2D eigenvalue weighted by molar-refractivity contribution is 5.14. The molecule has 82 valence electrons. The van der Waals surface area contributed by atoms with Crippen molar-refractivity contribution < 1.29 is 0 Å². The van der Waals surface area contributed by atoms with Gasteiger partial charge in [0.05, 0.1) is 0 Å². The van der Waals surface area contributed by atoms with Gasteiger partial charge in [0.25, 0.3) is 0 Å². The Hall–Kier alpha value is -0.860. The van der Waals surface area contributed by atoms with Crippen molar-refractivity contribution in [3.8, 4) is 0 Å². The molecule has 1 aromatic rings. The smallest absolute Gasteiger partial charge is 0.0234 e. The number of benzene rings is 1. The first kappa shape index (κ1) is 10.7. The maximum Gasteiger partial charge on any atom is 0.0234 e. The maximum absolute atomic E-state index is 6.04. The van der Waals surface area contributed by atoms with Crippen molar-refractivity contribution in [3.05, 3.63) is 35.9 Å². The molecule has 0 amide bonds. The number of rotatable bonds is 2. The lowest BCUT2D eigenvalue weighted by atomic mass is 10.1. The first-order valence-electron chi connectivity index (χ1n) is 5.86. The molecule has 2 N–H and O–H groups in total. The molecular weight excluding hydrogens is 184 g/mol. The van der Waals surface area contributed by atoms with Gasteiger partial charge in [-0.3, -0.25) is 4.90 Å². The van der Waals surface area contributed by atoms with Gasteiger partial charge < -0.3 is 5.73 Å². The third-order valence-corrected chi connectivity index (χ3v) is 3.04. The average Bonchev–Trinajstić information content (AvgIpc) is 2.44. The van der Waals surface area contributed by atoms with Crippen LogP contribution in [-0.2, 0) is 6.54 Å². The Balaban J connectivity index is 1.93. The van der Waals surface area contributed by atoms with E-state index in [9.17, 15) is 0 Å². The summed E-state index contributed by atoms with van der Waals surface area (Å²) in [5, 5.41) is 0. The Morgan fingerprint density at radius 3 is 2.80 bits per heavy atom. The predicted molar refractivity (Wildman–Crippen MR) is 63.5 cm³/mol. The minimum atomic E-state index is 0.371. The van der Waals surface area contributed by atoms with E-state index in [1.165, 1.54) is 31.4 Å². The van der Waals surface area contributed by atoms with E-state index < -0.39 is 0 Å². The lowest BCUT2D eigenvalue weighted by Crippen LogP contribution is -2.35. The quantitative estimate of drug-likeness (QED) is 0.798. The normalized spacial score (nSPS) is 23.7. The summed E-state index contributed by atoms with van der Waals surface area (Å²) in [7, 11) is 0. The SMILES string of the molecule is NC1CCCCN(Cc2ccccc2)C1. The van der Waals surface area contributed by atoms with Gasteiger partial charge in [-0.05, 0) is 24.9 Å². The van der Waals surface area contributed by atoms with Crippen LogP contribution in [-0.4, -0.2) is 24.0 Å². The molecule has 0 saturated carbocycles. The second-order valence-electron chi connectivity index (χ2n) is 4.48. The standard InChI is InChI=1S/C13H20N2/c14-13-8-4-5-9-15(11-13)10-12-6-2-1-3-7-12/h1-3,6-7,13H,4-5,8-11,14H2. The van der Waals surface area contributed by atoms with Crippen molar-refractivity contribution in [2.24, 2.45) is 5.73 Å². The molecule has 0 aromatic heterocycles. The van der Waals surface area contributed by atoms with Crippen LogP contribution in [0.2, 0.25) is 0 Å². The fourth-order valence-electron chi connectivity index (χ4n) is 2.24. The Morgan fingerprint density at radius 1 is 1.20 bits per heavy atom. The largest absolute Gasteiger partial charge is 0.327 e. The van der Waals surface area contributed by atoms with E-state index in [0.717, 1.165) is 13.1 Å². The highest BCUT2D eigenvalue weighted by atomic mass is 15.1. The first-order chi connectivity index (χ1) is 7.34. The molecule has 1 heterocycles. The summed E-state index contributed by atoms with van der Waals surface area (Å²) in [5.74, 6) is 0. The summed E-state index contributed by atoms with van der Waals surface area (Å²) in [4.78, 5) is 2.48. The van der Waals surface area contributed by atoms with Crippen molar-refractivity contribution in [2.45, 2.75) is 31.8 Å². The van der Waals surface area contributed by atoms with E-state index in [-0.39, 0.29) is 0 Å². The molecular formula is C13H20N2. The van der Waals surface area contributed by atoms with E-state index in [1.54, 1.807) is 0 Å². The molecule has 15 heavy (non-hydrogen) atoms. The second-order valence-corrected chi connectivity index (χ2v) is 4.48. The number of hydrogen-bond donors (Lipinski definition) is 1. The van der Waals surface area contributed by atoms with Crippen LogP contribution in [0.3, 0.4) is 0 Å². The fraction of sp³-hybridized carbons (Fsp3) is 0.538. The monoisotopic (exact) mass is 204 g/mol. The van der Waals surface area contributed by atoms with Gasteiger partial charge in [0, 0.05) is 19.1 Å². The zero-order valence-electron chi connectivity index (χ0n) is 9.23. The van der Waals surface area contributed by atoms with Crippen LogP contribution < -0.4 is 5.73 Å². The lowest BCUT2D eigenvalue weighted by Gasteiger charge is -2.22. The number of nitrogens with zero attached hydrogens (tertiary/aromatic N) is 1.